The molecule has 0 N–H and O–H groups in total. The van der Waals surface area contributed by atoms with E-state index in [0.29, 0.717) is 5.76 Å². The van der Waals surface area contributed by atoms with E-state index in [2.05, 4.69) is 11.0 Å². The Bertz CT molecular complexity index is 994. The number of sulfonamides is 1. The Morgan fingerprint density at radius 1 is 1.27 bits per heavy atom. The zero-order chi connectivity index (χ0) is 18.7. The van der Waals surface area contributed by atoms with Crippen molar-refractivity contribution in [1.29, 1.82) is 0 Å². The van der Waals surface area contributed by atoms with Gasteiger partial charge in [-0.25, -0.2) is 4.39 Å². The highest BCUT2D eigenvalue weighted by Gasteiger charge is 2.34. The van der Waals surface area contributed by atoms with E-state index in [0.717, 1.165) is 36.0 Å². The van der Waals surface area contributed by atoms with Crippen molar-refractivity contribution in [3.05, 3.63) is 71.8 Å². The minimum absolute atomic E-state index is 0.00275. The van der Waals surface area contributed by atoms with Crippen molar-refractivity contribution in [2.45, 2.75) is 4.90 Å². The molecule has 0 saturated carbocycles. The first-order chi connectivity index (χ1) is 12.4. The first-order valence-corrected chi connectivity index (χ1v) is 9.63. The molecule has 0 bridgehead atoms. The van der Waals surface area contributed by atoms with Crippen LogP contribution in [0.25, 0.3) is 6.08 Å². The lowest BCUT2D eigenvalue weighted by Crippen LogP contribution is -2.29. The molecule has 1 aromatic carbocycles. The van der Waals surface area contributed by atoms with Gasteiger partial charge in [-0.15, -0.1) is 11.0 Å². The number of hydrogen-bond donors (Lipinski definition) is 0. The summed E-state index contributed by atoms with van der Waals surface area (Å²) in [6, 6.07) is 7.64. The number of amidine groups is 1. The number of carbonyl (C=O) groups excluding carboxylic acids is 1. The van der Waals surface area contributed by atoms with Crippen LogP contribution >= 0.6 is 11.8 Å². The first kappa shape index (κ1) is 18.2. The lowest BCUT2D eigenvalue weighted by molar-refractivity contribution is -0.121. The van der Waals surface area contributed by atoms with Crippen LogP contribution in [0.15, 0.2) is 73.9 Å². The normalized spacial score (nSPS) is 18.0. The van der Waals surface area contributed by atoms with Gasteiger partial charge < -0.3 is 4.42 Å². The summed E-state index contributed by atoms with van der Waals surface area (Å²) in [5.74, 6) is -0.500. The van der Waals surface area contributed by atoms with E-state index >= 15 is 0 Å². The predicted molar refractivity (Wildman–Crippen MR) is 97.2 cm³/mol. The van der Waals surface area contributed by atoms with Gasteiger partial charge in [0.05, 0.1) is 16.1 Å². The molecule has 0 spiro atoms. The van der Waals surface area contributed by atoms with Gasteiger partial charge >= 0.3 is 0 Å². The van der Waals surface area contributed by atoms with Crippen molar-refractivity contribution in [3.63, 3.8) is 0 Å². The van der Waals surface area contributed by atoms with Crippen molar-refractivity contribution in [3.8, 4) is 0 Å². The lowest BCUT2D eigenvalue weighted by atomic mass is 10.3. The van der Waals surface area contributed by atoms with Crippen LogP contribution in [0.1, 0.15) is 5.76 Å². The molecule has 0 aliphatic carbocycles. The number of hydrogen-bond acceptors (Lipinski definition) is 5. The second-order valence-electron chi connectivity index (χ2n) is 5.13. The summed E-state index contributed by atoms with van der Waals surface area (Å²) in [6.07, 6.45) is 4.44. The highest BCUT2D eigenvalue weighted by atomic mass is 32.2. The molecule has 26 heavy (non-hydrogen) atoms. The fraction of sp³-hybridized carbons (Fsp3) is 0.0588. The van der Waals surface area contributed by atoms with Crippen LogP contribution in [0.5, 0.6) is 0 Å². The summed E-state index contributed by atoms with van der Waals surface area (Å²) in [7, 11) is -4.10. The summed E-state index contributed by atoms with van der Waals surface area (Å²) >= 11 is 0.916. The smallest absolute Gasteiger partial charge is 0.284 e. The molecule has 6 nitrogen and oxygen atoms in total. The molecule has 1 saturated heterocycles. The van der Waals surface area contributed by atoms with E-state index < -0.39 is 21.7 Å². The summed E-state index contributed by atoms with van der Waals surface area (Å²) in [6.45, 7) is 3.67. The fourth-order valence-electron chi connectivity index (χ4n) is 2.13. The van der Waals surface area contributed by atoms with E-state index in [4.69, 9.17) is 4.42 Å². The van der Waals surface area contributed by atoms with Gasteiger partial charge in [0.2, 0.25) is 0 Å². The second kappa shape index (κ2) is 7.30. The van der Waals surface area contributed by atoms with Gasteiger partial charge in [-0.05, 0) is 48.2 Å². The molecule has 1 aromatic heterocycles. The quantitative estimate of drug-likeness (QED) is 0.576. The van der Waals surface area contributed by atoms with Crippen LogP contribution in [0, 0.1) is 5.82 Å². The first-order valence-electron chi connectivity index (χ1n) is 7.37. The van der Waals surface area contributed by atoms with Crippen LogP contribution in [0.2, 0.25) is 0 Å². The molecule has 1 fully saturated rings. The Kier molecular flexibility index (Phi) is 5.10. The summed E-state index contributed by atoms with van der Waals surface area (Å²) < 4.78 is 46.9. The van der Waals surface area contributed by atoms with Crippen LogP contribution in [0.3, 0.4) is 0 Å². The number of furan rings is 1. The van der Waals surface area contributed by atoms with Crippen molar-refractivity contribution >= 4 is 38.9 Å². The Morgan fingerprint density at radius 2 is 2.00 bits per heavy atom. The van der Waals surface area contributed by atoms with Crippen molar-refractivity contribution in [1.82, 2.24) is 4.90 Å². The lowest BCUT2D eigenvalue weighted by Gasteiger charge is -2.12. The number of carbonyl (C=O) groups is 1. The molecule has 0 atom stereocenters. The fourth-order valence-corrected chi connectivity index (χ4v) is 4.30. The average Bonchev–Trinajstić information content (AvgIpc) is 3.20. The number of nitrogens with zero attached hydrogens (tertiary/aromatic N) is 2. The monoisotopic (exact) mass is 392 g/mol. The van der Waals surface area contributed by atoms with Gasteiger partial charge in [0.25, 0.3) is 15.9 Å². The highest BCUT2D eigenvalue weighted by Crippen LogP contribution is 2.33. The number of amides is 1. The summed E-state index contributed by atoms with van der Waals surface area (Å²) in [5, 5.41) is -0.00275. The number of benzene rings is 1. The molecule has 1 amide bonds. The molecular weight excluding hydrogens is 379 g/mol. The Labute approximate surface area is 153 Å². The van der Waals surface area contributed by atoms with Crippen LogP contribution in [0.4, 0.5) is 4.39 Å². The maximum atomic E-state index is 13.0. The van der Waals surface area contributed by atoms with Crippen molar-refractivity contribution < 1.29 is 22.0 Å². The van der Waals surface area contributed by atoms with Gasteiger partial charge in [0, 0.05) is 12.6 Å². The Balaban J connectivity index is 1.98. The molecule has 1 aliphatic rings. The second-order valence-corrected chi connectivity index (χ2v) is 7.75. The minimum Gasteiger partial charge on any atom is -0.465 e. The zero-order valence-corrected chi connectivity index (χ0v) is 15.0. The van der Waals surface area contributed by atoms with E-state index in [1.165, 1.54) is 23.3 Å². The van der Waals surface area contributed by atoms with Gasteiger partial charge in [-0.3, -0.25) is 9.69 Å². The molecule has 0 unspecified atom stereocenters. The van der Waals surface area contributed by atoms with Gasteiger partial charge in [-0.2, -0.15) is 8.42 Å². The van der Waals surface area contributed by atoms with E-state index in [1.807, 2.05) is 0 Å². The van der Waals surface area contributed by atoms with Crippen molar-refractivity contribution in [2.24, 2.45) is 4.40 Å². The van der Waals surface area contributed by atoms with Crippen molar-refractivity contribution in [2.75, 3.05) is 6.54 Å². The molecule has 134 valence electrons. The standard InChI is InChI=1S/C17H13FN2O4S2/c1-2-9-20-16(21)15(11-13-4-3-10-24-13)25-17(20)19-26(22,23)14-7-5-12(18)6-8-14/h2-8,10-11H,1,9H2/b15-11-,19-17-. The third kappa shape index (κ3) is 3.78. The van der Waals surface area contributed by atoms with E-state index in [-0.39, 0.29) is 21.5 Å². The summed E-state index contributed by atoms with van der Waals surface area (Å²) in [5.41, 5.74) is 0. The average molecular weight is 392 g/mol. The molecule has 3 rings (SSSR count). The van der Waals surface area contributed by atoms with Crippen LogP contribution < -0.4 is 0 Å². The SMILES string of the molecule is C=CCN1C(=O)/C(=C/c2ccco2)S/C1=N\S(=O)(=O)c1ccc(F)cc1. The zero-order valence-electron chi connectivity index (χ0n) is 13.3. The van der Waals surface area contributed by atoms with Gasteiger partial charge in [0.1, 0.15) is 11.6 Å². The predicted octanol–water partition coefficient (Wildman–Crippen LogP) is 3.27. The maximum Gasteiger partial charge on any atom is 0.284 e. The molecular formula is C17H13FN2O4S2. The third-order valence-corrected chi connectivity index (χ3v) is 5.73. The molecule has 2 aromatic rings. The van der Waals surface area contributed by atoms with Crippen LogP contribution in [-0.2, 0) is 14.8 Å². The van der Waals surface area contributed by atoms with Gasteiger partial charge in [0.15, 0.2) is 5.17 Å². The largest absolute Gasteiger partial charge is 0.465 e. The summed E-state index contributed by atoms with van der Waals surface area (Å²) in [4.78, 5) is 13.8. The minimum atomic E-state index is -4.10. The molecule has 9 heteroatoms. The molecule has 1 aliphatic heterocycles. The number of halogens is 1. The van der Waals surface area contributed by atoms with Gasteiger partial charge in [-0.1, -0.05) is 6.08 Å². The number of rotatable bonds is 5. The third-order valence-electron chi connectivity index (χ3n) is 3.33. The molecule has 2 heterocycles. The Hall–Kier alpha value is -2.65. The van der Waals surface area contributed by atoms with Crippen LogP contribution in [-0.4, -0.2) is 30.9 Å². The number of thioether (sulfide) groups is 1. The Morgan fingerprint density at radius 3 is 2.62 bits per heavy atom. The van der Waals surface area contributed by atoms with E-state index in [9.17, 15) is 17.6 Å². The topological polar surface area (TPSA) is 80.0 Å². The highest BCUT2D eigenvalue weighted by molar-refractivity contribution is 8.19. The maximum absolute atomic E-state index is 13.0. The van der Waals surface area contributed by atoms with E-state index in [1.54, 1.807) is 12.1 Å². The molecule has 0 radical (unpaired) electrons.